The molecule has 27 heavy (non-hydrogen) atoms. The average Bonchev–Trinajstić information content (AvgIpc) is 3.00. The van der Waals surface area contributed by atoms with E-state index < -0.39 is 17.7 Å². The molecule has 1 saturated heterocycles. The van der Waals surface area contributed by atoms with Crippen LogP contribution in [0.25, 0.3) is 11.0 Å². The molecule has 1 aliphatic rings. The molecule has 1 aromatic heterocycles. The lowest BCUT2D eigenvalue weighted by Crippen LogP contribution is -2.47. The Morgan fingerprint density at radius 3 is 2.44 bits per heavy atom. The first-order chi connectivity index (χ1) is 12.6. The number of furan rings is 1. The maximum Gasteiger partial charge on any atom is 0.528 e. The van der Waals surface area contributed by atoms with Crippen LogP contribution in [0.1, 0.15) is 31.3 Å². The number of carboxylic acid groups (broad SMARTS) is 1. The van der Waals surface area contributed by atoms with Crippen LogP contribution < -0.4 is 4.90 Å². The monoisotopic (exact) mass is 396 g/mol. The topological polar surface area (TPSA) is 92.5 Å². The minimum Gasteiger partial charge on any atom is -0.475 e. The highest BCUT2D eigenvalue weighted by molar-refractivity contribution is 6.38. The zero-order valence-corrected chi connectivity index (χ0v) is 16.1. The van der Waals surface area contributed by atoms with Crippen molar-refractivity contribution < 1.29 is 28.7 Å². The van der Waals surface area contributed by atoms with Gasteiger partial charge in [0.25, 0.3) is 0 Å². The molecule has 2 heterocycles. The number of hydrogen-bond acceptors (Lipinski definition) is 7. The van der Waals surface area contributed by atoms with Crippen molar-refractivity contribution in [2.75, 3.05) is 31.1 Å². The Bertz CT molecular complexity index is 865. The number of hydroxylamine groups is 2. The predicted molar refractivity (Wildman–Crippen MR) is 99.3 cm³/mol. The summed E-state index contributed by atoms with van der Waals surface area (Å²) in [5.74, 6) is -1.30. The number of carbonyl (C=O) groups excluding carboxylic acids is 1. The van der Waals surface area contributed by atoms with E-state index in [1.54, 1.807) is 38.0 Å². The Labute approximate surface area is 161 Å². The van der Waals surface area contributed by atoms with E-state index >= 15 is 0 Å². The van der Waals surface area contributed by atoms with Crippen LogP contribution >= 0.6 is 11.6 Å². The molecule has 146 valence electrons. The third-order valence-electron chi connectivity index (χ3n) is 4.00. The third kappa shape index (κ3) is 4.45. The van der Waals surface area contributed by atoms with E-state index in [1.165, 1.54) is 6.07 Å². The number of benzene rings is 1. The van der Waals surface area contributed by atoms with Crippen LogP contribution in [0.15, 0.2) is 22.6 Å². The SMILES string of the molecule is CC(C)(C)OC(=O)ON1CCN(c2ccc3oc(C(=O)O)cc3c2Cl)CC1. The van der Waals surface area contributed by atoms with Gasteiger partial charge in [0, 0.05) is 24.5 Å². The molecule has 0 unspecified atom stereocenters. The van der Waals surface area contributed by atoms with Gasteiger partial charge >= 0.3 is 12.1 Å². The summed E-state index contributed by atoms with van der Waals surface area (Å²) in [6.45, 7) is 7.45. The number of hydrogen-bond donors (Lipinski definition) is 1. The molecular formula is C18H21ClN2O6. The van der Waals surface area contributed by atoms with Gasteiger partial charge in [-0.15, -0.1) is 5.06 Å². The van der Waals surface area contributed by atoms with Gasteiger partial charge < -0.3 is 24.0 Å². The van der Waals surface area contributed by atoms with E-state index in [-0.39, 0.29) is 5.76 Å². The second kappa shape index (κ2) is 7.28. The molecular weight excluding hydrogens is 376 g/mol. The molecule has 1 fully saturated rings. The highest BCUT2D eigenvalue weighted by Gasteiger charge is 2.25. The number of ether oxygens (including phenoxy) is 1. The molecule has 0 bridgehead atoms. The summed E-state index contributed by atoms with van der Waals surface area (Å²) in [6.07, 6.45) is -0.727. The summed E-state index contributed by atoms with van der Waals surface area (Å²) in [6, 6.07) is 4.92. The number of carboxylic acids is 1. The molecule has 2 aromatic rings. The molecule has 1 N–H and O–H groups in total. The molecule has 0 atom stereocenters. The summed E-state index contributed by atoms with van der Waals surface area (Å²) >= 11 is 6.47. The number of halogens is 1. The Morgan fingerprint density at radius 1 is 1.19 bits per heavy atom. The Hall–Kier alpha value is -2.45. The van der Waals surface area contributed by atoms with Gasteiger partial charge in [0.1, 0.15) is 11.2 Å². The average molecular weight is 397 g/mol. The highest BCUT2D eigenvalue weighted by atomic mass is 35.5. The van der Waals surface area contributed by atoms with Gasteiger partial charge in [0.15, 0.2) is 0 Å². The molecule has 0 saturated carbocycles. The number of carbonyl (C=O) groups is 2. The van der Waals surface area contributed by atoms with Crippen LogP contribution in [0.2, 0.25) is 5.02 Å². The summed E-state index contributed by atoms with van der Waals surface area (Å²) in [7, 11) is 0. The van der Waals surface area contributed by atoms with Gasteiger partial charge in [-0.2, -0.15) is 0 Å². The van der Waals surface area contributed by atoms with Crippen molar-refractivity contribution in [1.29, 1.82) is 0 Å². The largest absolute Gasteiger partial charge is 0.528 e. The Balaban J connectivity index is 1.66. The smallest absolute Gasteiger partial charge is 0.475 e. The van der Waals surface area contributed by atoms with Crippen LogP contribution in [0.4, 0.5) is 10.5 Å². The van der Waals surface area contributed by atoms with Crippen molar-refractivity contribution in [3.63, 3.8) is 0 Å². The van der Waals surface area contributed by atoms with Gasteiger partial charge in [-0.1, -0.05) is 11.6 Å². The van der Waals surface area contributed by atoms with Crippen molar-refractivity contribution in [2.45, 2.75) is 26.4 Å². The third-order valence-corrected chi connectivity index (χ3v) is 4.40. The number of aromatic carboxylic acids is 1. The number of nitrogens with zero attached hydrogens (tertiary/aromatic N) is 2. The summed E-state index contributed by atoms with van der Waals surface area (Å²) in [5.41, 5.74) is 0.591. The molecule has 1 aliphatic heterocycles. The highest BCUT2D eigenvalue weighted by Crippen LogP contribution is 2.35. The van der Waals surface area contributed by atoms with Crippen molar-refractivity contribution in [3.05, 3.63) is 29.0 Å². The summed E-state index contributed by atoms with van der Waals surface area (Å²) in [4.78, 5) is 30.1. The lowest BCUT2D eigenvalue weighted by Gasteiger charge is -2.35. The molecule has 0 aliphatic carbocycles. The zero-order valence-electron chi connectivity index (χ0n) is 15.3. The lowest BCUT2D eigenvalue weighted by atomic mass is 10.2. The first kappa shape index (κ1) is 19.3. The van der Waals surface area contributed by atoms with Crippen LogP contribution in [0.5, 0.6) is 0 Å². The zero-order chi connectivity index (χ0) is 19.8. The normalized spacial score (nSPS) is 15.8. The van der Waals surface area contributed by atoms with Gasteiger partial charge in [0.2, 0.25) is 5.76 Å². The molecule has 0 spiro atoms. The molecule has 1 aromatic carbocycles. The minimum atomic E-state index is -1.14. The van der Waals surface area contributed by atoms with Crippen LogP contribution in [-0.4, -0.2) is 54.1 Å². The summed E-state index contributed by atoms with van der Waals surface area (Å²) in [5, 5.41) is 11.6. The van der Waals surface area contributed by atoms with E-state index in [9.17, 15) is 9.59 Å². The fraction of sp³-hybridized carbons (Fsp3) is 0.444. The molecule has 8 nitrogen and oxygen atoms in total. The number of rotatable bonds is 3. The standard InChI is InChI=1S/C18H21ClN2O6/c1-18(2,3)26-17(24)27-21-8-6-20(7-9-21)12-4-5-13-11(15(12)19)10-14(25-13)16(22)23/h4-5,10H,6-9H2,1-3H3,(H,22,23). The maximum atomic E-state index is 11.8. The lowest BCUT2D eigenvalue weighted by molar-refractivity contribution is -0.144. The van der Waals surface area contributed by atoms with Crippen molar-refractivity contribution >= 4 is 40.4 Å². The van der Waals surface area contributed by atoms with E-state index in [2.05, 4.69) is 0 Å². The minimum absolute atomic E-state index is 0.153. The molecule has 0 radical (unpaired) electrons. The fourth-order valence-corrected chi connectivity index (χ4v) is 3.14. The molecule has 0 amide bonds. The van der Waals surface area contributed by atoms with Gasteiger partial charge in [0.05, 0.1) is 23.8 Å². The number of piperazine rings is 1. The van der Waals surface area contributed by atoms with Crippen molar-refractivity contribution in [3.8, 4) is 0 Å². The molecule has 3 rings (SSSR count). The van der Waals surface area contributed by atoms with Gasteiger partial charge in [-0.3, -0.25) is 0 Å². The maximum absolute atomic E-state index is 11.8. The quantitative estimate of drug-likeness (QED) is 0.783. The predicted octanol–water partition coefficient (Wildman–Crippen LogP) is 3.77. The number of anilines is 1. The van der Waals surface area contributed by atoms with Crippen LogP contribution in [0.3, 0.4) is 0 Å². The van der Waals surface area contributed by atoms with Gasteiger partial charge in [-0.05, 0) is 32.9 Å². The first-order valence-electron chi connectivity index (χ1n) is 8.50. The van der Waals surface area contributed by atoms with Crippen LogP contribution in [-0.2, 0) is 9.57 Å². The summed E-state index contributed by atoms with van der Waals surface area (Å²) < 4.78 is 10.4. The van der Waals surface area contributed by atoms with E-state index in [4.69, 9.17) is 30.7 Å². The second-order valence-electron chi connectivity index (χ2n) is 7.20. The van der Waals surface area contributed by atoms with E-state index in [1.807, 2.05) is 4.90 Å². The van der Waals surface area contributed by atoms with Crippen molar-refractivity contribution in [1.82, 2.24) is 5.06 Å². The number of fused-ring (bicyclic) bond motifs is 1. The Kier molecular flexibility index (Phi) is 5.21. The van der Waals surface area contributed by atoms with Crippen molar-refractivity contribution in [2.24, 2.45) is 0 Å². The fourth-order valence-electron chi connectivity index (χ4n) is 2.81. The van der Waals surface area contributed by atoms with Gasteiger partial charge in [-0.25, -0.2) is 9.59 Å². The molecule has 9 heteroatoms. The van der Waals surface area contributed by atoms with E-state index in [0.29, 0.717) is 42.2 Å². The second-order valence-corrected chi connectivity index (χ2v) is 7.58. The van der Waals surface area contributed by atoms with E-state index in [0.717, 1.165) is 5.69 Å². The van der Waals surface area contributed by atoms with Crippen LogP contribution in [0, 0.1) is 0 Å². The first-order valence-corrected chi connectivity index (χ1v) is 8.88. The Morgan fingerprint density at radius 2 is 1.85 bits per heavy atom.